The van der Waals surface area contributed by atoms with Gasteiger partial charge in [-0.05, 0) is 38.5 Å². The van der Waals surface area contributed by atoms with Crippen LogP contribution in [0, 0.1) is 0 Å². The fraction of sp³-hybridized carbons (Fsp3) is 0.833. The third kappa shape index (κ3) is 16.2. The van der Waals surface area contributed by atoms with Crippen molar-refractivity contribution < 1.29 is 43.9 Å². The maximum Gasteiger partial charge on any atom is 0.306 e. The van der Waals surface area contributed by atoms with Crippen molar-refractivity contribution in [2.75, 3.05) is 33.0 Å². The molecule has 27 heavy (non-hydrogen) atoms. The standard InChI is InChI=1S/C18H32O9/c19-10-4-1-7-16(22)25-13-15(27-18(24)9-3-6-12-21)14-26-17(23)8-2-5-11-20/h15,19-21H,1-14H2. The van der Waals surface area contributed by atoms with Crippen LogP contribution >= 0.6 is 0 Å². The van der Waals surface area contributed by atoms with E-state index in [0.29, 0.717) is 38.5 Å². The smallest absolute Gasteiger partial charge is 0.306 e. The number of ether oxygens (including phenoxy) is 3. The maximum atomic E-state index is 11.8. The Morgan fingerprint density at radius 1 is 0.593 bits per heavy atom. The van der Waals surface area contributed by atoms with Gasteiger partial charge in [0.25, 0.3) is 0 Å². The highest BCUT2D eigenvalue weighted by Gasteiger charge is 2.19. The molecular formula is C18H32O9. The third-order valence-corrected chi connectivity index (χ3v) is 3.53. The molecule has 0 fully saturated rings. The maximum absolute atomic E-state index is 11.8. The van der Waals surface area contributed by atoms with Gasteiger partial charge in [-0.15, -0.1) is 0 Å². The Balaban J connectivity index is 4.36. The van der Waals surface area contributed by atoms with Crippen molar-refractivity contribution in [3.05, 3.63) is 0 Å². The van der Waals surface area contributed by atoms with E-state index in [0.717, 1.165) is 0 Å². The van der Waals surface area contributed by atoms with Gasteiger partial charge >= 0.3 is 17.9 Å². The Labute approximate surface area is 159 Å². The number of unbranched alkanes of at least 4 members (excludes halogenated alkanes) is 3. The van der Waals surface area contributed by atoms with E-state index in [1.54, 1.807) is 0 Å². The van der Waals surface area contributed by atoms with E-state index < -0.39 is 24.0 Å². The van der Waals surface area contributed by atoms with Gasteiger partial charge in [0.2, 0.25) is 0 Å². The van der Waals surface area contributed by atoms with Crippen LogP contribution in [0.3, 0.4) is 0 Å². The molecule has 9 nitrogen and oxygen atoms in total. The average Bonchev–Trinajstić information content (AvgIpc) is 2.64. The van der Waals surface area contributed by atoms with Gasteiger partial charge in [-0.3, -0.25) is 14.4 Å². The molecule has 158 valence electrons. The van der Waals surface area contributed by atoms with Gasteiger partial charge in [0.1, 0.15) is 13.2 Å². The summed E-state index contributed by atoms with van der Waals surface area (Å²) in [6, 6.07) is 0. The first kappa shape index (κ1) is 25.3. The van der Waals surface area contributed by atoms with Crippen LogP contribution < -0.4 is 0 Å². The summed E-state index contributed by atoms with van der Waals surface area (Å²) in [5, 5.41) is 26.1. The molecule has 0 radical (unpaired) electrons. The molecule has 0 aliphatic carbocycles. The number of aliphatic hydroxyl groups excluding tert-OH is 3. The highest BCUT2D eigenvalue weighted by Crippen LogP contribution is 2.06. The molecule has 0 atom stereocenters. The molecule has 0 saturated heterocycles. The molecule has 0 aromatic rings. The first-order valence-electron chi connectivity index (χ1n) is 9.36. The van der Waals surface area contributed by atoms with Crippen LogP contribution in [0.2, 0.25) is 0 Å². The summed E-state index contributed by atoms with van der Waals surface area (Å²) in [4.78, 5) is 35.1. The van der Waals surface area contributed by atoms with Crippen LogP contribution in [-0.2, 0) is 28.6 Å². The Morgan fingerprint density at radius 3 is 1.33 bits per heavy atom. The van der Waals surface area contributed by atoms with E-state index in [1.165, 1.54) is 0 Å². The predicted molar refractivity (Wildman–Crippen MR) is 94.6 cm³/mol. The molecule has 0 aliphatic rings. The van der Waals surface area contributed by atoms with Gasteiger partial charge in [0, 0.05) is 39.1 Å². The normalized spacial score (nSPS) is 10.7. The van der Waals surface area contributed by atoms with E-state index in [2.05, 4.69) is 0 Å². The van der Waals surface area contributed by atoms with Crippen molar-refractivity contribution in [2.24, 2.45) is 0 Å². The summed E-state index contributed by atoms with van der Waals surface area (Å²) in [6.07, 6.45) is 2.36. The van der Waals surface area contributed by atoms with Crippen LogP contribution in [0.5, 0.6) is 0 Å². The minimum atomic E-state index is -0.907. The highest BCUT2D eigenvalue weighted by atomic mass is 16.6. The molecule has 0 aliphatic heterocycles. The molecule has 9 heteroatoms. The molecule has 0 saturated carbocycles. The molecular weight excluding hydrogens is 360 g/mol. The van der Waals surface area contributed by atoms with Crippen LogP contribution in [0.15, 0.2) is 0 Å². The fourth-order valence-electron chi connectivity index (χ4n) is 2.02. The lowest BCUT2D eigenvalue weighted by Gasteiger charge is -2.18. The molecule has 0 bridgehead atoms. The minimum Gasteiger partial charge on any atom is -0.462 e. The van der Waals surface area contributed by atoms with Crippen molar-refractivity contribution in [1.29, 1.82) is 0 Å². The van der Waals surface area contributed by atoms with E-state index in [1.807, 2.05) is 0 Å². The van der Waals surface area contributed by atoms with Gasteiger partial charge in [-0.2, -0.15) is 0 Å². The summed E-state index contributed by atoms with van der Waals surface area (Å²) in [6.45, 7) is -0.490. The van der Waals surface area contributed by atoms with Crippen LogP contribution in [0.25, 0.3) is 0 Å². The first-order chi connectivity index (χ1) is 13.0. The van der Waals surface area contributed by atoms with Crippen molar-refractivity contribution >= 4 is 17.9 Å². The molecule has 0 amide bonds. The summed E-state index contributed by atoms with van der Waals surface area (Å²) < 4.78 is 15.3. The second kappa shape index (κ2) is 17.7. The monoisotopic (exact) mass is 392 g/mol. The molecule has 0 aromatic heterocycles. The lowest BCUT2D eigenvalue weighted by atomic mass is 10.2. The number of esters is 3. The molecule has 0 heterocycles. The van der Waals surface area contributed by atoms with E-state index in [4.69, 9.17) is 29.5 Å². The lowest BCUT2D eigenvalue weighted by molar-refractivity contribution is -0.167. The SMILES string of the molecule is O=C(CCCCO)OCC(COC(=O)CCCCO)OC(=O)CCCCO. The van der Waals surface area contributed by atoms with Gasteiger partial charge in [0.05, 0.1) is 0 Å². The largest absolute Gasteiger partial charge is 0.462 e. The fourth-order valence-corrected chi connectivity index (χ4v) is 2.02. The highest BCUT2D eigenvalue weighted by molar-refractivity contribution is 5.71. The lowest BCUT2D eigenvalue weighted by Crippen LogP contribution is -2.30. The summed E-state index contributed by atoms with van der Waals surface area (Å²) in [5.41, 5.74) is 0. The number of hydrogen-bond donors (Lipinski definition) is 3. The second-order valence-electron chi connectivity index (χ2n) is 6.02. The quantitative estimate of drug-likeness (QED) is 0.183. The third-order valence-electron chi connectivity index (χ3n) is 3.53. The van der Waals surface area contributed by atoms with E-state index >= 15 is 0 Å². The molecule has 0 aromatic carbocycles. The topological polar surface area (TPSA) is 140 Å². The van der Waals surface area contributed by atoms with E-state index in [9.17, 15) is 14.4 Å². The molecule has 3 N–H and O–H groups in total. The van der Waals surface area contributed by atoms with Crippen molar-refractivity contribution in [3.63, 3.8) is 0 Å². The zero-order valence-corrected chi connectivity index (χ0v) is 15.8. The van der Waals surface area contributed by atoms with Crippen molar-refractivity contribution in [1.82, 2.24) is 0 Å². The van der Waals surface area contributed by atoms with Crippen molar-refractivity contribution in [3.8, 4) is 0 Å². The van der Waals surface area contributed by atoms with Crippen LogP contribution in [0.4, 0.5) is 0 Å². The summed E-state index contributed by atoms with van der Waals surface area (Å²) in [7, 11) is 0. The summed E-state index contributed by atoms with van der Waals surface area (Å²) >= 11 is 0. The van der Waals surface area contributed by atoms with Gasteiger partial charge in [-0.1, -0.05) is 0 Å². The van der Waals surface area contributed by atoms with Gasteiger partial charge in [0.15, 0.2) is 6.10 Å². The number of rotatable bonds is 17. The number of carbonyl (C=O) groups excluding carboxylic acids is 3. The van der Waals surface area contributed by atoms with Crippen molar-refractivity contribution in [2.45, 2.75) is 63.9 Å². The van der Waals surface area contributed by atoms with Crippen LogP contribution in [0.1, 0.15) is 57.8 Å². The molecule has 0 rings (SSSR count). The predicted octanol–water partition coefficient (Wildman–Crippen LogP) is 0.472. The Hall–Kier alpha value is -1.71. The van der Waals surface area contributed by atoms with Crippen LogP contribution in [-0.4, -0.2) is 72.4 Å². The zero-order chi connectivity index (χ0) is 20.3. The van der Waals surface area contributed by atoms with Gasteiger partial charge < -0.3 is 29.5 Å². The molecule has 0 unspecified atom stereocenters. The Bertz CT molecular complexity index is 386. The van der Waals surface area contributed by atoms with E-state index in [-0.39, 0.29) is 52.3 Å². The molecule has 0 spiro atoms. The minimum absolute atomic E-state index is 0.00636. The van der Waals surface area contributed by atoms with Gasteiger partial charge in [-0.25, -0.2) is 0 Å². The number of hydrogen-bond acceptors (Lipinski definition) is 9. The average molecular weight is 392 g/mol. The Kier molecular flexibility index (Phi) is 16.6. The number of aliphatic hydroxyl groups is 3. The summed E-state index contributed by atoms with van der Waals surface area (Å²) in [5.74, 6) is -1.50. The number of carbonyl (C=O) groups is 3. The zero-order valence-electron chi connectivity index (χ0n) is 15.8. The first-order valence-corrected chi connectivity index (χ1v) is 9.36. The second-order valence-corrected chi connectivity index (χ2v) is 6.02. The Morgan fingerprint density at radius 2 is 0.963 bits per heavy atom.